The predicted molar refractivity (Wildman–Crippen MR) is 153 cm³/mol. The van der Waals surface area contributed by atoms with Crippen LogP contribution in [0.1, 0.15) is 38.3 Å². The second-order valence-electron chi connectivity index (χ2n) is 9.64. The quantitative estimate of drug-likeness (QED) is 0.342. The van der Waals surface area contributed by atoms with Crippen LogP contribution in [0.3, 0.4) is 0 Å². The molecule has 0 unspecified atom stereocenters. The van der Waals surface area contributed by atoms with Crippen LogP contribution in [-0.2, 0) is 26.2 Å². The van der Waals surface area contributed by atoms with Crippen LogP contribution in [0, 0.1) is 12.7 Å². The largest absolute Gasteiger partial charge is 0.497 e. The SMILES string of the molecule is CC[C@@H](C)NC(=O)[C@H](C)N(Cc1ccc(OC)cc1)C(=O)CN(c1ccccc1F)S(=O)(=O)c1ccc(C)cc1. The van der Waals surface area contributed by atoms with E-state index in [1.54, 1.807) is 43.3 Å². The van der Waals surface area contributed by atoms with Gasteiger partial charge >= 0.3 is 0 Å². The first-order chi connectivity index (χ1) is 19.0. The molecule has 0 bridgehead atoms. The van der Waals surface area contributed by atoms with E-state index in [4.69, 9.17) is 4.74 Å². The summed E-state index contributed by atoms with van der Waals surface area (Å²) in [5.41, 5.74) is 1.29. The molecule has 8 nitrogen and oxygen atoms in total. The molecule has 214 valence electrons. The summed E-state index contributed by atoms with van der Waals surface area (Å²) in [6, 6.07) is 17.4. The third kappa shape index (κ3) is 7.38. The zero-order valence-electron chi connectivity index (χ0n) is 23.4. The summed E-state index contributed by atoms with van der Waals surface area (Å²) in [5, 5.41) is 2.88. The monoisotopic (exact) mass is 569 g/mol. The van der Waals surface area contributed by atoms with Gasteiger partial charge in [-0.2, -0.15) is 0 Å². The fraction of sp³-hybridized carbons (Fsp3) is 0.333. The van der Waals surface area contributed by atoms with Gasteiger partial charge in [-0.25, -0.2) is 12.8 Å². The fourth-order valence-corrected chi connectivity index (χ4v) is 5.40. The van der Waals surface area contributed by atoms with Crippen LogP contribution in [0.4, 0.5) is 10.1 Å². The third-order valence-corrected chi connectivity index (χ3v) is 8.46. The van der Waals surface area contributed by atoms with E-state index in [1.807, 2.05) is 20.8 Å². The van der Waals surface area contributed by atoms with E-state index in [9.17, 15) is 22.4 Å². The molecule has 3 rings (SSSR count). The standard InChI is InChI=1S/C30H36FN3O5S/c1-6-22(3)32-30(36)23(4)33(19-24-13-15-25(39-5)16-14-24)29(35)20-34(28-10-8-7-9-27(28)31)40(37,38)26-17-11-21(2)12-18-26/h7-18,22-23H,6,19-20H2,1-5H3,(H,32,36)/t22-,23+/m1/s1. The number of methoxy groups -OCH3 is 1. The molecule has 0 aliphatic carbocycles. The van der Waals surface area contributed by atoms with E-state index in [0.717, 1.165) is 15.9 Å². The number of nitrogens with one attached hydrogen (secondary N) is 1. The van der Waals surface area contributed by atoms with Crippen molar-refractivity contribution in [2.24, 2.45) is 0 Å². The number of anilines is 1. The molecule has 0 aliphatic rings. The highest BCUT2D eigenvalue weighted by molar-refractivity contribution is 7.92. The summed E-state index contributed by atoms with van der Waals surface area (Å²) >= 11 is 0. The van der Waals surface area contributed by atoms with E-state index in [-0.39, 0.29) is 29.1 Å². The van der Waals surface area contributed by atoms with Gasteiger partial charge in [0.2, 0.25) is 11.8 Å². The van der Waals surface area contributed by atoms with Crippen molar-refractivity contribution in [3.63, 3.8) is 0 Å². The number of carbonyl (C=O) groups is 2. The molecule has 3 aromatic carbocycles. The molecular formula is C30H36FN3O5S. The van der Waals surface area contributed by atoms with Crippen LogP contribution >= 0.6 is 0 Å². The van der Waals surface area contributed by atoms with Crippen molar-refractivity contribution in [3.8, 4) is 5.75 Å². The van der Waals surface area contributed by atoms with Gasteiger partial charge in [0.05, 0.1) is 17.7 Å². The molecule has 10 heteroatoms. The second-order valence-corrected chi connectivity index (χ2v) is 11.5. The molecule has 1 N–H and O–H groups in total. The van der Waals surface area contributed by atoms with Gasteiger partial charge in [0.15, 0.2) is 0 Å². The molecule has 0 saturated heterocycles. The summed E-state index contributed by atoms with van der Waals surface area (Å²) in [4.78, 5) is 28.2. The van der Waals surface area contributed by atoms with Crippen molar-refractivity contribution in [1.29, 1.82) is 0 Å². The summed E-state index contributed by atoms with van der Waals surface area (Å²) < 4.78 is 48.5. The first-order valence-corrected chi connectivity index (χ1v) is 14.5. The Labute approximate surface area is 235 Å². The number of nitrogens with zero attached hydrogens (tertiary/aromatic N) is 2. The molecule has 0 saturated carbocycles. The lowest BCUT2D eigenvalue weighted by atomic mass is 10.1. The zero-order chi connectivity index (χ0) is 29.4. The van der Waals surface area contributed by atoms with Gasteiger partial charge in [-0.3, -0.25) is 13.9 Å². The van der Waals surface area contributed by atoms with Crippen LogP contribution in [-0.4, -0.2) is 50.9 Å². The first-order valence-electron chi connectivity index (χ1n) is 13.0. The van der Waals surface area contributed by atoms with Crippen LogP contribution < -0.4 is 14.4 Å². The van der Waals surface area contributed by atoms with E-state index in [0.29, 0.717) is 17.7 Å². The molecule has 3 aromatic rings. The number of benzene rings is 3. The molecule has 0 radical (unpaired) electrons. The lowest BCUT2D eigenvalue weighted by Crippen LogP contribution is -2.52. The molecule has 0 aliphatic heterocycles. The van der Waals surface area contributed by atoms with Crippen molar-refractivity contribution in [2.75, 3.05) is 18.0 Å². The number of ether oxygens (including phenoxy) is 1. The van der Waals surface area contributed by atoms with Crippen molar-refractivity contribution in [1.82, 2.24) is 10.2 Å². The van der Waals surface area contributed by atoms with Crippen LogP contribution in [0.2, 0.25) is 0 Å². The number of hydrogen-bond donors (Lipinski definition) is 1. The average Bonchev–Trinajstić information content (AvgIpc) is 2.95. The normalized spacial score (nSPS) is 12.8. The van der Waals surface area contributed by atoms with Gasteiger partial charge in [-0.05, 0) is 69.2 Å². The Kier molecular flexibility index (Phi) is 10.3. The molecule has 0 heterocycles. The van der Waals surface area contributed by atoms with Gasteiger partial charge in [0, 0.05) is 12.6 Å². The lowest BCUT2D eigenvalue weighted by molar-refractivity contribution is -0.139. The smallest absolute Gasteiger partial charge is 0.264 e. The number of hydrogen-bond acceptors (Lipinski definition) is 5. The Balaban J connectivity index is 2.03. The summed E-state index contributed by atoms with van der Waals surface area (Å²) in [7, 11) is -2.80. The van der Waals surface area contributed by atoms with Crippen molar-refractivity contribution in [3.05, 3.63) is 89.7 Å². The van der Waals surface area contributed by atoms with Crippen molar-refractivity contribution >= 4 is 27.5 Å². The first kappa shape index (κ1) is 30.6. The highest BCUT2D eigenvalue weighted by Crippen LogP contribution is 2.27. The fourth-order valence-electron chi connectivity index (χ4n) is 3.98. The van der Waals surface area contributed by atoms with Gasteiger partial charge in [-0.1, -0.05) is 48.9 Å². The van der Waals surface area contributed by atoms with Gasteiger partial charge in [-0.15, -0.1) is 0 Å². The molecule has 40 heavy (non-hydrogen) atoms. The third-order valence-electron chi connectivity index (χ3n) is 6.69. The Morgan fingerprint density at radius 1 is 0.975 bits per heavy atom. The Morgan fingerprint density at radius 2 is 1.60 bits per heavy atom. The topological polar surface area (TPSA) is 96.0 Å². The Morgan fingerprint density at radius 3 is 2.17 bits per heavy atom. The number of sulfonamides is 1. The minimum atomic E-state index is -4.34. The average molecular weight is 570 g/mol. The summed E-state index contributed by atoms with van der Waals surface area (Å²) in [5.74, 6) is -1.22. The van der Waals surface area contributed by atoms with Crippen molar-refractivity contribution in [2.45, 2.75) is 57.6 Å². The Hall–Kier alpha value is -3.92. The predicted octanol–water partition coefficient (Wildman–Crippen LogP) is 4.67. The molecular weight excluding hydrogens is 533 g/mol. The van der Waals surface area contributed by atoms with Gasteiger partial charge < -0.3 is 15.0 Å². The minimum Gasteiger partial charge on any atom is -0.497 e. The van der Waals surface area contributed by atoms with Crippen LogP contribution in [0.15, 0.2) is 77.7 Å². The molecule has 0 aromatic heterocycles. The number of rotatable bonds is 12. The number of carbonyl (C=O) groups excluding carboxylic acids is 2. The highest BCUT2D eigenvalue weighted by Gasteiger charge is 2.33. The number of halogens is 1. The van der Waals surface area contributed by atoms with E-state index in [2.05, 4.69) is 5.32 Å². The molecule has 2 atom stereocenters. The second kappa shape index (κ2) is 13.4. The maximum atomic E-state index is 15.0. The molecule has 0 fully saturated rings. The number of amides is 2. The Bertz CT molecular complexity index is 1410. The van der Waals surface area contributed by atoms with Crippen LogP contribution in [0.25, 0.3) is 0 Å². The van der Waals surface area contributed by atoms with E-state index < -0.39 is 34.3 Å². The zero-order valence-corrected chi connectivity index (χ0v) is 24.2. The van der Waals surface area contributed by atoms with E-state index in [1.165, 1.54) is 42.3 Å². The summed E-state index contributed by atoms with van der Waals surface area (Å²) in [6.07, 6.45) is 0.695. The highest BCUT2D eigenvalue weighted by atomic mass is 32.2. The minimum absolute atomic E-state index is 0.0214. The van der Waals surface area contributed by atoms with E-state index >= 15 is 0 Å². The number of para-hydroxylation sites is 1. The van der Waals surface area contributed by atoms with Crippen molar-refractivity contribution < 1.29 is 27.1 Å². The van der Waals surface area contributed by atoms with Crippen LogP contribution in [0.5, 0.6) is 5.75 Å². The summed E-state index contributed by atoms with van der Waals surface area (Å²) in [6.45, 7) is 6.49. The van der Waals surface area contributed by atoms with Gasteiger partial charge in [0.1, 0.15) is 24.2 Å². The maximum Gasteiger partial charge on any atom is 0.264 e. The molecule has 0 spiro atoms. The molecule has 2 amide bonds. The maximum absolute atomic E-state index is 15.0. The number of aryl methyl sites for hydroxylation is 1. The van der Waals surface area contributed by atoms with Gasteiger partial charge in [0.25, 0.3) is 10.0 Å². The lowest BCUT2D eigenvalue weighted by Gasteiger charge is -2.32.